The quantitative estimate of drug-likeness (QED) is 0.796. The number of likely N-dealkylation sites (tertiary alicyclic amines) is 1. The van der Waals surface area contributed by atoms with Crippen LogP contribution in [0.15, 0.2) is 48.5 Å². The molecular formula is C19H22N2O4. The number of aliphatic hydroxyl groups excluding tert-OH is 1. The van der Waals surface area contributed by atoms with E-state index in [1.165, 1.54) is 4.90 Å². The molecule has 0 bridgehead atoms. The molecule has 0 saturated carbocycles. The van der Waals surface area contributed by atoms with E-state index in [1.54, 1.807) is 7.11 Å². The van der Waals surface area contributed by atoms with Gasteiger partial charge in [-0.1, -0.05) is 30.3 Å². The molecule has 1 fully saturated rings. The summed E-state index contributed by atoms with van der Waals surface area (Å²) in [7, 11) is 1.63. The Balaban J connectivity index is 1.75. The molecule has 0 spiro atoms. The molecule has 25 heavy (non-hydrogen) atoms. The fourth-order valence-corrected chi connectivity index (χ4v) is 3.01. The highest BCUT2D eigenvalue weighted by Gasteiger charge is 2.37. The molecule has 0 aromatic heterocycles. The smallest absolute Gasteiger partial charge is 0.321 e. The van der Waals surface area contributed by atoms with Crippen molar-refractivity contribution < 1.29 is 19.7 Å². The number of nitrogens with zero attached hydrogens (tertiary/aromatic N) is 1. The Labute approximate surface area is 146 Å². The fraction of sp³-hybridized carbons (Fsp3) is 0.316. The van der Waals surface area contributed by atoms with E-state index >= 15 is 0 Å². The average Bonchev–Trinajstić information content (AvgIpc) is 3.05. The number of nitrogens with one attached hydrogen (secondary N) is 1. The van der Waals surface area contributed by atoms with E-state index in [2.05, 4.69) is 5.32 Å². The van der Waals surface area contributed by atoms with Gasteiger partial charge in [-0.2, -0.15) is 0 Å². The van der Waals surface area contributed by atoms with E-state index < -0.39 is 5.60 Å². The number of hydrogen-bond donors (Lipinski definition) is 3. The summed E-state index contributed by atoms with van der Waals surface area (Å²) in [5, 5.41) is 22.1. The van der Waals surface area contributed by atoms with Crippen LogP contribution in [0.25, 0.3) is 11.1 Å². The fourth-order valence-electron chi connectivity index (χ4n) is 3.01. The molecule has 3 N–H and O–H groups in total. The Morgan fingerprint density at radius 1 is 1.28 bits per heavy atom. The van der Waals surface area contributed by atoms with Crippen LogP contribution in [0.2, 0.25) is 0 Å². The molecule has 1 aliphatic heterocycles. The van der Waals surface area contributed by atoms with Gasteiger partial charge in [-0.05, 0) is 30.2 Å². The van der Waals surface area contributed by atoms with Crippen LogP contribution in [0.1, 0.15) is 6.42 Å². The van der Waals surface area contributed by atoms with Crippen molar-refractivity contribution in [2.45, 2.75) is 12.0 Å². The molecule has 132 valence electrons. The molecule has 6 nitrogen and oxygen atoms in total. The molecule has 0 radical (unpaired) electrons. The zero-order valence-corrected chi connectivity index (χ0v) is 14.1. The number of anilines is 1. The van der Waals surface area contributed by atoms with E-state index in [-0.39, 0.29) is 19.2 Å². The van der Waals surface area contributed by atoms with Crippen LogP contribution in [0, 0.1) is 0 Å². The second-order valence-electron chi connectivity index (χ2n) is 6.27. The lowest BCUT2D eigenvalue weighted by Crippen LogP contribution is -2.40. The lowest BCUT2D eigenvalue weighted by atomic mass is 10.0. The standard InChI is InChI=1S/C19H22N2O4/c1-25-17-8-3-2-7-16(17)14-5-4-6-15(11-14)20-18(23)21-10-9-19(24,12-21)13-22/h2-8,11,22,24H,9-10,12-13H2,1H3,(H,20,23)/t19-/m0/s1. The molecule has 3 rings (SSSR count). The summed E-state index contributed by atoms with van der Waals surface area (Å²) in [5.41, 5.74) is 1.34. The Bertz CT molecular complexity index is 765. The Morgan fingerprint density at radius 2 is 2.08 bits per heavy atom. The third-order valence-electron chi connectivity index (χ3n) is 4.45. The van der Waals surface area contributed by atoms with Crippen molar-refractivity contribution in [3.8, 4) is 16.9 Å². The molecule has 2 aromatic carbocycles. The number of aliphatic hydroxyl groups is 2. The lowest BCUT2D eigenvalue weighted by Gasteiger charge is -2.21. The summed E-state index contributed by atoms with van der Waals surface area (Å²) < 4.78 is 5.39. The normalized spacial score (nSPS) is 19.7. The second-order valence-corrected chi connectivity index (χ2v) is 6.27. The third-order valence-corrected chi connectivity index (χ3v) is 4.45. The number of methoxy groups -OCH3 is 1. The van der Waals surface area contributed by atoms with Gasteiger partial charge < -0.3 is 25.2 Å². The minimum Gasteiger partial charge on any atom is -0.496 e. The van der Waals surface area contributed by atoms with Crippen LogP contribution in [0.3, 0.4) is 0 Å². The zero-order valence-electron chi connectivity index (χ0n) is 14.1. The second kappa shape index (κ2) is 7.13. The van der Waals surface area contributed by atoms with Crippen molar-refractivity contribution in [3.63, 3.8) is 0 Å². The highest BCUT2D eigenvalue weighted by atomic mass is 16.5. The maximum atomic E-state index is 12.4. The van der Waals surface area contributed by atoms with Gasteiger partial charge in [-0.25, -0.2) is 4.79 Å². The number of rotatable bonds is 4. The van der Waals surface area contributed by atoms with Gasteiger partial charge in [0.2, 0.25) is 0 Å². The minimum absolute atomic E-state index is 0.127. The van der Waals surface area contributed by atoms with Gasteiger partial charge in [0.05, 0.1) is 20.3 Å². The molecule has 1 aliphatic rings. The first-order valence-corrected chi connectivity index (χ1v) is 8.17. The van der Waals surface area contributed by atoms with Crippen LogP contribution in [0.5, 0.6) is 5.75 Å². The van der Waals surface area contributed by atoms with Gasteiger partial charge in [0, 0.05) is 17.8 Å². The number of para-hydroxylation sites is 1. The lowest BCUT2D eigenvalue weighted by molar-refractivity contribution is -0.00246. The van der Waals surface area contributed by atoms with Gasteiger partial charge in [0.25, 0.3) is 0 Å². The van der Waals surface area contributed by atoms with E-state index in [1.807, 2.05) is 48.5 Å². The number of benzene rings is 2. The molecule has 1 heterocycles. The number of carbonyl (C=O) groups is 1. The van der Waals surface area contributed by atoms with Gasteiger partial charge in [-0.15, -0.1) is 0 Å². The summed E-state index contributed by atoms with van der Waals surface area (Å²) in [6.07, 6.45) is 0.373. The summed E-state index contributed by atoms with van der Waals surface area (Å²) in [5.74, 6) is 0.763. The first-order valence-electron chi connectivity index (χ1n) is 8.17. The van der Waals surface area contributed by atoms with Gasteiger partial charge in [0.15, 0.2) is 0 Å². The van der Waals surface area contributed by atoms with Crippen molar-refractivity contribution in [2.75, 3.05) is 32.1 Å². The van der Waals surface area contributed by atoms with Crippen LogP contribution in [-0.4, -0.2) is 53.6 Å². The molecule has 2 amide bonds. The number of hydrogen-bond acceptors (Lipinski definition) is 4. The SMILES string of the molecule is COc1ccccc1-c1cccc(NC(=O)N2CC[C@@](O)(CO)C2)c1. The Morgan fingerprint density at radius 3 is 2.80 bits per heavy atom. The predicted octanol–water partition coefficient (Wildman–Crippen LogP) is 2.32. The number of urea groups is 1. The molecule has 1 saturated heterocycles. The molecule has 0 unspecified atom stereocenters. The summed E-state index contributed by atoms with van der Waals surface area (Å²) in [4.78, 5) is 13.9. The predicted molar refractivity (Wildman–Crippen MR) is 95.7 cm³/mol. The molecule has 1 atom stereocenters. The number of β-amino-alcohol motifs (C(OH)–C–C–N with tert-alkyl or cyclic N) is 1. The highest BCUT2D eigenvalue weighted by molar-refractivity contribution is 5.90. The van der Waals surface area contributed by atoms with E-state index in [0.717, 1.165) is 16.9 Å². The Kier molecular flexibility index (Phi) is 4.92. The van der Waals surface area contributed by atoms with Gasteiger partial charge in [0.1, 0.15) is 11.4 Å². The first kappa shape index (κ1) is 17.3. The van der Waals surface area contributed by atoms with Crippen molar-refractivity contribution in [3.05, 3.63) is 48.5 Å². The largest absolute Gasteiger partial charge is 0.496 e. The number of carbonyl (C=O) groups excluding carboxylic acids is 1. The molecular weight excluding hydrogens is 320 g/mol. The third kappa shape index (κ3) is 3.75. The van der Waals surface area contributed by atoms with Crippen LogP contribution in [0.4, 0.5) is 10.5 Å². The van der Waals surface area contributed by atoms with Crippen molar-refractivity contribution in [1.29, 1.82) is 0 Å². The van der Waals surface area contributed by atoms with Crippen LogP contribution < -0.4 is 10.1 Å². The molecule has 6 heteroatoms. The van der Waals surface area contributed by atoms with Crippen LogP contribution in [-0.2, 0) is 0 Å². The maximum absolute atomic E-state index is 12.4. The van der Waals surface area contributed by atoms with Crippen molar-refractivity contribution in [1.82, 2.24) is 4.90 Å². The Hall–Kier alpha value is -2.57. The summed E-state index contributed by atoms with van der Waals surface area (Å²) in [6, 6.07) is 14.9. The molecule has 0 aliphatic carbocycles. The van der Waals surface area contributed by atoms with Gasteiger partial charge in [-0.3, -0.25) is 0 Å². The summed E-state index contributed by atoms with van der Waals surface area (Å²) >= 11 is 0. The minimum atomic E-state index is -1.20. The highest BCUT2D eigenvalue weighted by Crippen LogP contribution is 2.31. The first-order chi connectivity index (χ1) is 12.0. The maximum Gasteiger partial charge on any atom is 0.321 e. The van der Waals surface area contributed by atoms with Crippen molar-refractivity contribution in [2.24, 2.45) is 0 Å². The number of ether oxygens (including phenoxy) is 1. The van der Waals surface area contributed by atoms with E-state index in [4.69, 9.17) is 4.74 Å². The monoisotopic (exact) mass is 342 g/mol. The van der Waals surface area contributed by atoms with Crippen LogP contribution >= 0.6 is 0 Å². The molecule has 2 aromatic rings. The van der Waals surface area contributed by atoms with Crippen molar-refractivity contribution >= 4 is 11.7 Å². The topological polar surface area (TPSA) is 82.0 Å². The average molecular weight is 342 g/mol. The number of amides is 2. The van der Waals surface area contributed by atoms with E-state index in [9.17, 15) is 15.0 Å². The van der Waals surface area contributed by atoms with Gasteiger partial charge >= 0.3 is 6.03 Å². The summed E-state index contributed by atoms with van der Waals surface area (Å²) in [6.45, 7) is 0.191. The van der Waals surface area contributed by atoms with E-state index in [0.29, 0.717) is 18.7 Å². The zero-order chi connectivity index (χ0) is 17.9.